The van der Waals surface area contributed by atoms with E-state index in [1.54, 1.807) is 12.1 Å². The van der Waals surface area contributed by atoms with Gasteiger partial charge in [0.25, 0.3) is 5.91 Å². The van der Waals surface area contributed by atoms with Gasteiger partial charge in [-0.2, -0.15) is 0 Å². The van der Waals surface area contributed by atoms with Gasteiger partial charge in [-0.15, -0.1) is 0 Å². The second-order valence-corrected chi connectivity index (χ2v) is 8.53. The van der Waals surface area contributed by atoms with Crippen molar-refractivity contribution in [2.45, 2.75) is 43.6 Å². The lowest BCUT2D eigenvalue weighted by molar-refractivity contribution is -0.138. The highest BCUT2D eigenvalue weighted by molar-refractivity contribution is 5.94. The van der Waals surface area contributed by atoms with E-state index in [2.05, 4.69) is 16.0 Å². The number of aliphatic hydroxyl groups excluding tert-OH is 2. The lowest BCUT2D eigenvalue weighted by atomic mass is 9.95. The van der Waals surface area contributed by atoms with Crippen molar-refractivity contribution in [3.8, 4) is 11.5 Å². The van der Waals surface area contributed by atoms with Crippen LogP contribution in [0, 0.1) is 0 Å². The van der Waals surface area contributed by atoms with Gasteiger partial charge >= 0.3 is 0 Å². The normalized spacial score (nSPS) is 21.4. The van der Waals surface area contributed by atoms with E-state index >= 15 is 0 Å². The molecular weight excluding hydrogens is 470 g/mol. The SMILES string of the molecule is O=C(CCNC(=O)c1cccc(O)c1)NC1COC(CO)[C@H](NC(=O)CCc2ccc(O)cc2)C1O. The van der Waals surface area contributed by atoms with Gasteiger partial charge in [0, 0.05) is 24.9 Å². The maximum atomic E-state index is 12.5. The fraction of sp³-hybridized carbons (Fsp3) is 0.400. The minimum absolute atomic E-state index is 0.0285. The molecule has 1 heterocycles. The molecular formula is C25H31N3O8. The van der Waals surface area contributed by atoms with Gasteiger partial charge in [-0.25, -0.2) is 0 Å². The Labute approximate surface area is 208 Å². The third-order valence-electron chi connectivity index (χ3n) is 5.85. The Kier molecular flexibility index (Phi) is 9.62. The van der Waals surface area contributed by atoms with Gasteiger partial charge in [-0.1, -0.05) is 18.2 Å². The highest BCUT2D eigenvalue weighted by Gasteiger charge is 2.40. The zero-order valence-corrected chi connectivity index (χ0v) is 19.6. The summed E-state index contributed by atoms with van der Waals surface area (Å²) in [6, 6.07) is 10.5. The summed E-state index contributed by atoms with van der Waals surface area (Å²) in [4.78, 5) is 37.0. The molecule has 11 nitrogen and oxygen atoms in total. The van der Waals surface area contributed by atoms with Crippen molar-refractivity contribution < 1.29 is 39.5 Å². The molecule has 36 heavy (non-hydrogen) atoms. The van der Waals surface area contributed by atoms with Gasteiger partial charge < -0.3 is 41.1 Å². The molecule has 1 fully saturated rings. The molecule has 3 amide bonds. The summed E-state index contributed by atoms with van der Waals surface area (Å²) >= 11 is 0. The number of aliphatic hydroxyl groups is 2. The molecule has 11 heteroatoms. The topological polar surface area (TPSA) is 177 Å². The van der Waals surface area contributed by atoms with Crippen molar-refractivity contribution in [1.82, 2.24) is 16.0 Å². The number of carbonyl (C=O) groups is 3. The predicted molar refractivity (Wildman–Crippen MR) is 128 cm³/mol. The molecule has 2 aromatic rings. The maximum absolute atomic E-state index is 12.5. The first-order chi connectivity index (χ1) is 17.3. The third kappa shape index (κ3) is 7.67. The summed E-state index contributed by atoms with van der Waals surface area (Å²) in [5.74, 6) is -1.17. The first-order valence-corrected chi connectivity index (χ1v) is 11.6. The maximum Gasteiger partial charge on any atom is 0.251 e. The van der Waals surface area contributed by atoms with Crippen LogP contribution in [-0.2, 0) is 20.7 Å². The fourth-order valence-corrected chi connectivity index (χ4v) is 3.87. The molecule has 3 rings (SSSR count). The summed E-state index contributed by atoms with van der Waals surface area (Å²) in [7, 11) is 0. The number of benzene rings is 2. The minimum atomic E-state index is -1.21. The molecule has 1 saturated heterocycles. The van der Waals surface area contributed by atoms with Crippen LogP contribution in [0.1, 0.15) is 28.8 Å². The summed E-state index contributed by atoms with van der Waals surface area (Å²) in [6.45, 7) is -0.462. The van der Waals surface area contributed by atoms with Crippen molar-refractivity contribution >= 4 is 17.7 Å². The molecule has 4 atom stereocenters. The van der Waals surface area contributed by atoms with Crippen LogP contribution in [0.2, 0.25) is 0 Å². The van der Waals surface area contributed by atoms with Gasteiger partial charge in [-0.05, 0) is 42.3 Å². The monoisotopic (exact) mass is 501 g/mol. The van der Waals surface area contributed by atoms with Crippen LogP contribution in [0.5, 0.6) is 11.5 Å². The van der Waals surface area contributed by atoms with Crippen LogP contribution in [0.15, 0.2) is 48.5 Å². The zero-order valence-electron chi connectivity index (χ0n) is 19.6. The quantitative estimate of drug-likeness (QED) is 0.229. The van der Waals surface area contributed by atoms with E-state index in [1.807, 2.05) is 0 Å². The molecule has 1 aliphatic heterocycles. The number of nitrogens with one attached hydrogen (secondary N) is 3. The molecule has 0 aliphatic carbocycles. The van der Waals surface area contributed by atoms with Crippen molar-refractivity contribution in [3.05, 3.63) is 59.7 Å². The second-order valence-electron chi connectivity index (χ2n) is 8.53. The number of hydrogen-bond donors (Lipinski definition) is 7. The number of rotatable bonds is 10. The van der Waals surface area contributed by atoms with Gasteiger partial charge in [0.2, 0.25) is 11.8 Å². The number of ether oxygens (including phenoxy) is 1. The van der Waals surface area contributed by atoms with E-state index in [-0.39, 0.29) is 49.0 Å². The number of aryl methyl sites for hydroxylation is 1. The number of phenolic OH excluding ortho intramolecular Hbond substituents is 2. The van der Waals surface area contributed by atoms with Crippen LogP contribution in [0.25, 0.3) is 0 Å². The summed E-state index contributed by atoms with van der Waals surface area (Å²) < 4.78 is 5.55. The molecule has 1 aliphatic rings. The number of hydrogen-bond acceptors (Lipinski definition) is 8. The number of amides is 3. The number of aromatic hydroxyl groups is 2. The van der Waals surface area contributed by atoms with E-state index in [0.717, 1.165) is 5.56 Å². The molecule has 7 N–H and O–H groups in total. The molecule has 194 valence electrons. The van der Waals surface area contributed by atoms with E-state index in [9.17, 15) is 34.8 Å². The molecule has 2 aromatic carbocycles. The van der Waals surface area contributed by atoms with Crippen LogP contribution < -0.4 is 16.0 Å². The smallest absolute Gasteiger partial charge is 0.251 e. The van der Waals surface area contributed by atoms with Crippen LogP contribution in [0.4, 0.5) is 0 Å². The fourth-order valence-electron chi connectivity index (χ4n) is 3.87. The molecule has 0 saturated carbocycles. The highest BCUT2D eigenvalue weighted by atomic mass is 16.5. The Hall–Kier alpha value is -3.67. The van der Waals surface area contributed by atoms with Crippen molar-refractivity contribution in [2.75, 3.05) is 19.8 Å². The van der Waals surface area contributed by atoms with Gasteiger partial charge in [0.05, 0.1) is 31.4 Å². The Morgan fingerprint density at radius 3 is 2.36 bits per heavy atom. The average Bonchev–Trinajstić information content (AvgIpc) is 2.86. The molecule has 3 unspecified atom stereocenters. The van der Waals surface area contributed by atoms with Crippen molar-refractivity contribution in [1.29, 1.82) is 0 Å². The largest absolute Gasteiger partial charge is 0.508 e. The lowest BCUT2D eigenvalue weighted by Gasteiger charge is -2.40. The molecule has 0 bridgehead atoms. The predicted octanol–water partition coefficient (Wildman–Crippen LogP) is -0.428. The van der Waals surface area contributed by atoms with E-state index < -0.39 is 42.7 Å². The van der Waals surface area contributed by atoms with Gasteiger partial charge in [0.15, 0.2) is 0 Å². The Morgan fingerprint density at radius 2 is 1.67 bits per heavy atom. The molecule has 0 aromatic heterocycles. The number of phenols is 2. The van der Waals surface area contributed by atoms with Crippen LogP contribution in [-0.4, -0.2) is 82.2 Å². The molecule has 0 spiro atoms. The minimum Gasteiger partial charge on any atom is -0.508 e. The Morgan fingerprint density at radius 1 is 0.944 bits per heavy atom. The Bertz CT molecular complexity index is 1050. The summed E-state index contributed by atoms with van der Waals surface area (Å²) in [6.07, 6.45) is -1.59. The van der Waals surface area contributed by atoms with Crippen molar-refractivity contribution in [3.63, 3.8) is 0 Å². The highest BCUT2D eigenvalue weighted by Crippen LogP contribution is 2.17. The van der Waals surface area contributed by atoms with Crippen LogP contribution in [0.3, 0.4) is 0 Å². The standard InChI is InChI=1S/C25H31N3O8/c29-13-20-23(28-21(32)9-6-15-4-7-17(30)8-5-15)24(34)19(14-36-20)27-22(33)10-11-26-25(35)16-2-1-3-18(31)12-16/h1-5,7-8,12,19-20,23-24,29-31,34H,6,9-11,13-14H2,(H,26,35)(H,27,33)(H,28,32)/t19?,20?,23-,24?/m0/s1. The van der Waals surface area contributed by atoms with Gasteiger partial charge in [0.1, 0.15) is 17.6 Å². The first kappa shape index (κ1) is 26.9. The van der Waals surface area contributed by atoms with E-state index in [4.69, 9.17) is 4.74 Å². The summed E-state index contributed by atoms with van der Waals surface area (Å²) in [5.41, 5.74) is 1.11. The zero-order chi connectivity index (χ0) is 26.1. The average molecular weight is 502 g/mol. The second kappa shape index (κ2) is 12.9. The van der Waals surface area contributed by atoms with Gasteiger partial charge in [-0.3, -0.25) is 14.4 Å². The van der Waals surface area contributed by atoms with Crippen molar-refractivity contribution in [2.24, 2.45) is 0 Å². The van der Waals surface area contributed by atoms with E-state index in [1.165, 1.54) is 36.4 Å². The Balaban J connectivity index is 1.47. The van der Waals surface area contributed by atoms with E-state index in [0.29, 0.717) is 6.42 Å². The first-order valence-electron chi connectivity index (χ1n) is 11.6. The molecule has 0 radical (unpaired) electrons. The number of carbonyl (C=O) groups excluding carboxylic acids is 3. The van der Waals surface area contributed by atoms with Crippen LogP contribution >= 0.6 is 0 Å². The summed E-state index contributed by atoms with van der Waals surface area (Å²) in [5, 5.41) is 47.1. The third-order valence-corrected chi connectivity index (χ3v) is 5.85. The lowest BCUT2D eigenvalue weighted by Crippen LogP contribution is -2.65.